The molecule has 2 fully saturated rings. The number of piperidine rings is 1. The van der Waals surface area contributed by atoms with Crippen LogP contribution in [0.1, 0.15) is 71.4 Å². The van der Waals surface area contributed by atoms with Gasteiger partial charge < -0.3 is 14.6 Å². The van der Waals surface area contributed by atoms with E-state index in [4.69, 9.17) is 0 Å². The molecule has 1 N–H and O–H groups in total. The number of nitrogens with zero attached hydrogens (tertiary/aromatic N) is 3. The van der Waals surface area contributed by atoms with Gasteiger partial charge in [0.15, 0.2) is 0 Å². The second-order valence-corrected chi connectivity index (χ2v) is 10.1. The third-order valence-corrected chi connectivity index (χ3v) is 7.22. The summed E-state index contributed by atoms with van der Waals surface area (Å²) in [6.45, 7) is 9.16. The Labute approximate surface area is 174 Å². The Bertz CT molecular complexity index is 782. The van der Waals surface area contributed by atoms with E-state index in [1.165, 1.54) is 38.3 Å². The quantitative estimate of drug-likeness (QED) is 0.819. The van der Waals surface area contributed by atoms with E-state index in [-0.39, 0.29) is 23.9 Å². The van der Waals surface area contributed by atoms with Crippen molar-refractivity contribution in [1.82, 2.24) is 14.5 Å². The summed E-state index contributed by atoms with van der Waals surface area (Å²) in [5.74, 6) is 0.924. The van der Waals surface area contributed by atoms with Gasteiger partial charge in [-0.15, -0.1) is 0 Å². The summed E-state index contributed by atoms with van der Waals surface area (Å²) in [7, 11) is 0. The molecule has 2 aliphatic rings. The molecule has 2 heterocycles. The van der Waals surface area contributed by atoms with Crippen LogP contribution in [0.3, 0.4) is 0 Å². The van der Waals surface area contributed by atoms with Crippen molar-refractivity contribution < 1.29 is 9.90 Å². The van der Waals surface area contributed by atoms with Crippen molar-refractivity contribution in [3.63, 3.8) is 0 Å². The zero-order valence-corrected chi connectivity index (χ0v) is 18.5. The van der Waals surface area contributed by atoms with Gasteiger partial charge in [-0.05, 0) is 25.7 Å². The first-order valence-corrected chi connectivity index (χ1v) is 11.2. The van der Waals surface area contributed by atoms with Crippen molar-refractivity contribution in [3.8, 4) is 0 Å². The summed E-state index contributed by atoms with van der Waals surface area (Å²) < 4.78 is 1.55. The summed E-state index contributed by atoms with van der Waals surface area (Å²) in [4.78, 5) is 31.2. The van der Waals surface area contributed by atoms with E-state index in [1.807, 2.05) is 25.7 Å². The molecule has 1 aliphatic heterocycles. The molecule has 1 saturated carbocycles. The number of hydrogen-bond donors (Lipinski definition) is 1. The fraction of sp³-hybridized carbons (Fsp3) is 0.783. The Morgan fingerprint density at radius 2 is 2.00 bits per heavy atom. The number of rotatable bonds is 5. The molecule has 1 unspecified atom stereocenters. The van der Waals surface area contributed by atoms with Crippen molar-refractivity contribution in [3.05, 3.63) is 28.4 Å². The van der Waals surface area contributed by atoms with E-state index in [1.54, 1.807) is 10.8 Å². The molecule has 6 nitrogen and oxygen atoms in total. The first kappa shape index (κ1) is 22.0. The summed E-state index contributed by atoms with van der Waals surface area (Å²) in [6, 6.07) is 0. The number of amides is 1. The number of carbonyl (C=O) groups excluding carboxylic acids is 1. The lowest BCUT2D eigenvalue weighted by Crippen LogP contribution is -2.61. The molecule has 1 aromatic rings. The maximum atomic E-state index is 13.1. The van der Waals surface area contributed by atoms with Crippen LogP contribution in [0.25, 0.3) is 0 Å². The van der Waals surface area contributed by atoms with Crippen LogP contribution >= 0.6 is 0 Å². The highest BCUT2D eigenvalue weighted by atomic mass is 16.3. The van der Waals surface area contributed by atoms with Gasteiger partial charge in [-0.3, -0.25) is 14.6 Å². The predicted octanol–water partition coefficient (Wildman–Crippen LogP) is 3.15. The van der Waals surface area contributed by atoms with Gasteiger partial charge in [0, 0.05) is 30.6 Å². The fourth-order valence-electron chi connectivity index (χ4n) is 5.14. The van der Waals surface area contributed by atoms with Gasteiger partial charge in [0.05, 0.1) is 24.0 Å². The Hall–Kier alpha value is -1.69. The third kappa shape index (κ3) is 4.90. The molecule has 162 valence electrons. The molecule has 6 heteroatoms. The summed E-state index contributed by atoms with van der Waals surface area (Å²) in [5, 5.41) is 11.4. The molecule has 1 aromatic heterocycles. The molecular formula is C23H37N3O3. The second kappa shape index (κ2) is 8.58. The smallest absolute Gasteiger partial charge is 0.269 e. The zero-order chi connectivity index (χ0) is 21.2. The first-order valence-electron chi connectivity index (χ1n) is 11.2. The molecule has 29 heavy (non-hydrogen) atoms. The van der Waals surface area contributed by atoms with Gasteiger partial charge in [0.1, 0.15) is 0 Å². The molecule has 1 saturated heterocycles. The highest BCUT2D eigenvalue weighted by molar-refractivity contribution is 5.78. The van der Waals surface area contributed by atoms with Gasteiger partial charge in [-0.25, -0.2) is 0 Å². The average molecular weight is 404 g/mol. The highest BCUT2D eigenvalue weighted by Crippen LogP contribution is 2.40. The van der Waals surface area contributed by atoms with Gasteiger partial charge in [0.25, 0.3) is 5.56 Å². The second-order valence-electron chi connectivity index (χ2n) is 10.1. The molecule has 0 spiro atoms. The minimum atomic E-state index is -1.05. The van der Waals surface area contributed by atoms with Crippen LogP contribution in [0.4, 0.5) is 0 Å². The van der Waals surface area contributed by atoms with Crippen LogP contribution in [-0.4, -0.2) is 44.2 Å². The summed E-state index contributed by atoms with van der Waals surface area (Å²) in [6.07, 6.45) is 10.9. The van der Waals surface area contributed by atoms with E-state index in [9.17, 15) is 14.7 Å². The monoisotopic (exact) mass is 403 g/mol. The molecule has 0 radical (unpaired) electrons. The van der Waals surface area contributed by atoms with Crippen molar-refractivity contribution >= 4 is 5.91 Å². The number of aliphatic hydroxyl groups is 1. The zero-order valence-electron chi connectivity index (χ0n) is 18.5. The van der Waals surface area contributed by atoms with E-state index >= 15 is 0 Å². The van der Waals surface area contributed by atoms with Gasteiger partial charge in [-0.2, -0.15) is 0 Å². The summed E-state index contributed by atoms with van der Waals surface area (Å²) >= 11 is 0. The normalized spacial score (nSPS) is 26.3. The standard InChI is InChI=1S/C23H37N3O3/c1-17(12-19-8-6-5-7-9-19)21(28)25-11-10-23(29,22(3,4)15-25)16-26-14-18(2)24-13-20(26)27/h13-14,17,19,29H,5-12,15-16H2,1-4H3/t17-,23?/m1/s1. The molecule has 1 amide bonds. The molecule has 1 aliphatic carbocycles. The molecule has 0 bridgehead atoms. The van der Waals surface area contributed by atoms with Crippen LogP contribution in [0.2, 0.25) is 0 Å². The molecular weight excluding hydrogens is 366 g/mol. The number of carbonyl (C=O) groups is 1. The topological polar surface area (TPSA) is 75.4 Å². The third-order valence-electron chi connectivity index (χ3n) is 7.22. The van der Waals surface area contributed by atoms with Crippen molar-refractivity contribution in [1.29, 1.82) is 0 Å². The lowest BCUT2D eigenvalue weighted by Gasteiger charge is -2.51. The lowest BCUT2D eigenvalue weighted by atomic mass is 9.69. The number of hydrogen-bond acceptors (Lipinski definition) is 4. The SMILES string of the molecule is Cc1cn(CC2(O)CCN(C(=O)[C@H](C)CC3CCCCC3)CC2(C)C)c(=O)cn1. The van der Waals surface area contributed by atoms with Crippen molar-refractivity contribution in [2.24, 2.45) is 17.3 Å². The molecule has 3 rings (SSSR count). The van der Waals surface area contributed by atoms with E-state index in [0.29, 0.717) is 25.4 Å². The van der Waals surface area contributed by atoms with Crippen LogP contribution < -0.4 is 5.56 Å². The van der Waals surface area contributed by atoms with Gasteiger partial charge in [0.2, 0.25) is 5.91 Å². The predicted molar refractivity (Wildman–Crippen MR) is 114 cm³/mol. The van der Waals surface area contributed by atoms with Crippen LogP contribution in [-0.2, 0) is 11.3 Å². The number of aryl methyl sites for hydroxylation is 1. The number of likely N-dealkylation sites (tertiary alicyclic amines) is 1. The lowest BCUT2D eigenvalue weighted by molar-refractivity contribution is -0.157. The fourth-order valence-corrected chi connectivity index (χ4v) is 5.14. The number of aromatic nitrogens is 2. The largest absolute Gasteiger partial charge is 0.387 e. The van der Waals surface area contributed by atoms with E-state index in [2.05, 4.69) is 11.9 Å². The van der Waals surface area contributed by atoms with Crippen LogP contribution in [0.5, 0.6) is 0 Å². The van der Waals surface area contributed by atoms with Gasteiger partial charge in [-0.1, -0.05) is 52.9 Å². The average Bonchev–Trinajstić information content (AvgIpc) is 2.67. The van der Waals surface area contributed by atoms with Crippen molar-refractivity contribution in [2.75, 3.05) is 13.1 Å². The Balaban J connectivity index is 1.66. The van der Waals surface area contributed by atoms with Crippen LogP contribution in [0.15, 0.2) is 17.2 Å². The summed E-state index contributed by atoms with van der Waals surface area (Å²) in [5.41, 5.74) is -1.02. The van der Waals surface area contributed by atoms with E-state index < -0.39 is 11.0 Å². The Morgan fingerprint density at radius 1 is 1.31 bits per heavy atom. The molecule has 2 atom stereocenters. The van der Waals surface area contributed by atoms with Gasteiger partial charge >= 0.3 is 0 Å². The minimum absolute atomic E-state index is 0.0329. The highest BCUT2D eigenvalue weighted by Gasteiger charge is 2.49. The van der Waals surface area contributed by atoms with Crippen molar-refractivity contribution in [2.45, 2.75) is 84.8 Å². The maximum absolute atomic E-state index is 13.1. The Kier molecular flexibility index (Phi) is 6.51. The maximum Gasteiger partial charge on any atom is 0.269 e. The van der Waals surface area contributed by atoms with Crippen LogP contribution in [0, 0.1) is 24.2 Å². The molecule has 0 aromatic carbocycles. The first-order chi connectivity index (χ1) is 13.6. The Morgan fingerprint density at radius 3 is 2.66 bits per heavy atom. The minimum Gasteiger partial charge on any atom is -0.387 e. The van der Waals surface area contributed by atoms with E-state index in [0.717, 1.165) is 12.1 Å².